The third-order valence-corrected chi connectivity index (χ3v) is 3.46. The Hall–Kier alpha value is -2.39. The van der Waals surface area contributed by atoms with Gasteiger partial charge in [-0.3, -0.25) is 4.98 Å². The molecule has 0 saturated carbocycles. The maximum atomic E-state index is 6.13. The fraction of sp³-hybridized carbons (Fsp3) is 0.167. The summed E-state index contributed by atoms with van der Waals surface area (Å²) in [5.41, 5.74) is 8.98. The predicted molar refractivity (Wildman–Crippen MR) is 85.8 cm³/mol. The maximum Gasteiger partial charge on any atom is 0.136 e. The van der Waals surface area contributed by atoms with Crippen molar-refractivity contribution in [1.29, 1.82) is 0 Å². The van der Waals surface area contributed by atoms with Crippen LogP contribution >= 0.6 is 0 Å². The van der Waals surface area contributed by atoms with Crippen LogP contribution in [0.2, 0.25) is 0 Å². The lowest BCUT2D eigenvalue weighted by molar-refractivity contribution is 0.481. The van der Waals surface area contributed by atoms with Crippen molar-refractivity contribution in [3.8, 4) is 11.5 Å². The van der Waals surface area contributed by atoms with Crippen molar-refractivity contribution in [2.24, 2.45) is 5.73 Å². The number of aromatic nitrogens is 1. The molecule has 3 aromatic rings. The first-order valence-corrected chi connectivity index (χ1v) is 7.09. The Morgan fingerprint density at radius 3 is 2.81 bits per heavy atom. The molecule has 0 unspecified atom stereocenters. The Bertz CT molecular complexity index is 763. The van der Waals surface area contributed by atoms with Crippen molar-refractivity contribution in [1.82, 2.24) is 4.98 Å². The van der Waals surface area contributed by atoms with Gasteiger partial charge in [0.05, 0.1) is 5.52 Å². The minimum Gasteiger partial charge on any atom is -0.456 e. The number of nitrogens with zero attached hydrogens (tertiary/aromatic N) is 1. The van der Waals surface area contributed by atoms with Crippen LogP contribution < -0.4 is 10.5 Å². The van der Waals surface area contributed by atoms with Gasteiger partial charge in [-0.05, 0) is 55.8 Å². The minimum absolute atomic E-state index is 0.608. The molecular weight excluding hydrogens is 260 g/mol. The number of hydrogen-bond donors (Lipinski definition) is 1. The number of nitrogens with two attached hydrogens (primary N) is 1. The lowest BCUT2D eigenvalue weighted by atomic mass is 10.1. The second kappa shape index (κ2) is 5.94. The van der Waals surface area contributed by atoms with Gasteiger partial charge < -0.3 is 10.5 Å². The monoisotopic (exact) mass is 278 g/mol. The van der Waals surface area contributed by atoms with E-state index >= 15 is 0 Å². The van der Waals surface area contributed by atoms with Gasteiger partial charge in [0.15, 0.2) is 0 Å². The zero-order chi connectivity index (χ0) is 14.7. The summed E-state index contributed by atoms with van der Waals surface area (Å²) >= 11 is 0. The quantitative estimate of drug-likeness (QED) is 0.789. The van der Waals surface area contributed by atoms with E-state index in [4.69, 9.17) is 10.5 Å². The molecule has 106 valence electrons. The Balaban J connectivity index is 2.02. The summed E-state index contributed by atoms with van der Waals surface area (Å²) in [4.78, 5) is 4.36. The first-order chi connectivity index (χ1) is 10.3. The lowest BCUT2D eigenvalue weighted by Gasteiger charge is -2.13. The van der Waals surface area contributed by atoms with E-state index in [1.807, 2.05) is 36.4 Å². The van der Waals surface area contributed by atoms with Gasteiger partial charge in [0.1, 0.15) is 11.5 Å². The molecule has 0 amide bonds. The van der Waals surface area contributed by atoms with Crippen LogP contribution in [0.5, 0.6) is 11.5 Å². The topological polar surface area (TPSA) is 48.1 Å². The van der Waals surface area contributed by atoms with Crippen LogP contribution in [0.15, 0.2) is 54.7 Å². The molecule has 1 heterocycles. The first kappa shape index (κ1) is 13.6. The minimum atomic E-state index is 0.608. The summed E-state index contributed by atoms with van der Waals surface area (Å²) in [6.07, 6.45) is 2.60. The third kappa shape index (κ3) is 2.88. The lowest BCUT2D eigenvalue weighted by Crippen LogP contribution is -2.04. The van der Waals surface area contributed by atoms with Crippen LogP contribution in [0.25, 0.3) is 10.9 Å². The number of rotatable bonds is 4. The van der Waals surface area contributed by atoms with Crippen LogP contribution in [0, 0.1) is 6.92 Å². The van der Waals surface area contributed by atoms with E-state index in [2.05, 4.69) is 24.0 Å². The Kier molecular flexibility index (Phi) is 3.84. The van der Waals surface area contributed by atoms with E-state index in [-0.39, 0.29) is 0 Å². The summed E-state index contributed by atoms with van der Waals surface area (Å²) < 4.78 is 6.13. The smallest absolute Gasteiger partial charge is 0.136 e. The average molecular weight is 278 g/mol. The highest BCUT2D eigenvalue weighted by atomic mass is 16.5. The highest BCUT2D eigenvalue weighted by Gasteiger charge is 2.08. The van der Waals surface area contributed by atoms with Crippen LogP contribution in [-0.4, -0.2) is 11.5 Å². The van der Waals surface area contributed by atoms with Crippen LogP contribution in [0.4, 0.5) is 0 Å². The van der Waals surface area contributed by atoms with E-state index in [9.17, 15) is 0 Å². The van der Waals surface area contributed by atoms with Gasteiger partial charge >= 0.3 is 0 Å². The third-order valence-electron chi connectivity index (χ3n) is 3.46. The standard InChI is InChI=1S/C18H18N2O/c1-13-7-8-17(14(12-13)9-10-19)21-18-6-2-5-16-15(18)4-3-11-20-16/h2-8,11-12H,9-10,19H2,1H3. The number of fused-ring (bicyclic) bond motifs is 1. The van der Waals surface area contributed by atoms with E-state index < -0.39 is 0 Å². The van der Waals surface area contributed by atoms with Crippen molar-refractivity contribution < 1.29 is 4.74 Å². The molecule has 3 nitrogen and oxygen atoms in total. The Morgan fingerprint density at radius 1 is 1.05 bits per heavy atom. The molecule has 0 aliphatic heterocycles. The molecule has 3 heteroatoms. The van der Waals surface area contributed by atoms with Crippen molar-refractivity contribution in [2.75, 3.05) is 6.54 Å². The van der Waals surface area contributed by atoms with Gasteiger partial charge in [0.25, 0.3) is 0 Å². The van der Waals surface area contributed by atoms with E-state index in [1.165, 1.54) is 5.56 Å². The molecule has 21 heavy (non-hydrogen) atoms. The fourth-order valence-electron chi connectivity index (χ4n) is 2.44. The number of pyridine rings is 1. The largest absolute Gasteiger partial charge is 0.456 e. The number of hydrogen-bond acceptors (Lipinski definition) is 3. The fourth-order valence-corrected chi connectivity index (χ4v) is 2.44. The second-order valence-corrected chi connectivity index (χ2v) is 5.08. The van der Waals surface area contributed by atoms with Gasteiger partial charge in [-0.1, -0.05) is 23.8 Å². The summed E-state index contributed by atoms with van der Waals surface area (Å²) in [7, 11) is 0. The van der Waals surface area contributed by atoms with Crippen molar-refractivity contribution >= 4 is 10.9 Å². The highest BCUT2D eigenvalue weighted by molar-refractivity contribution is 5.85. The molecule has 0 bridgehead atoms. The van der Waals surface area contributed by atoms with Gasteiger partial charge in [0, 0.05) is 11.6 Å². The van der Waals surface area contributed by atoms with Gasteiger partial charge in [-0.25, -0.2) is 0 Å². The van der Waals surface area contributed by atoms with Crippen LogP contribution in [0.3, 0.4) is 0 Å². The summed E-state index contributed by atoms with van der Waals surface area (Å²) in [6, 6.07) is 16.1. The molecule has 0 radical (unpaired) electrons. The molecule has 0 aliphatic rings. The second-order valence-electron chi connectivity index (χ2n) is 5.08. The molecule has 1 aromatic heterocycles. The number of ether oxygens (including phenoxy) is 1. The van der Waals surface area contributed by atoms with Crippen LogP contribution in [0.1, 0.15) is 11.1 Å². The molecule has 0 aliphatic carbocycles. The Labute approximate surface area is 124 Å². The van der Waals surface area contributed by atoms with Crippen molar-refractivity contribution in [2.45, 2.75) is 13.3 Å². The van der Waals surface area contributed by atoms with Gasteiger partial charge in [-0.2, -0.15) is 0 Å². The summed E-state index contributed by atoms with van der Waals surface area (Å²) in [5.74, 6) is 1.69. The molecule has 0 fully saturated rings. The highest BCUT2D eigenvalue weighted by Crippen LogP contribution is 2.31. The maximum absolute atomic E-state index is 6.13. The molecule has 0 saturated heterocycles. The molecule has 0 spiro atoms. The zero-order valence-corrected chi connectivity index (χ0v) is 12.0. The normalized spacial score (nSPS) is 10.8. The van der Waals surface area contributed by atoms with E-state index in [0.29, 0.717) is 6.54 Å². The predicted octanol–water partition coefficient (Wildman–Crippen LogP) is 3.84. The molecule has 3 rings (SSSR count). The van der Waals surface area contributed by atoms with E-state index in [1.54, 1.807) is 6.20 Å². The summed E-state index contributed by atoms with van der Waals surface area (Å²) in [5, 5.41) is 1.01. The number of aryl methyl sites for hydroxylation is 1. The average Bonchev–Trinajstić information content (AvgIpc) is 2.50. The zero-order valence-electron chi connectivity index (χ0n) is 12.0. The number of benzene rings is 2. The first-order valence-electron chi connectivity index (χ1n) is 7.09. The van der Waals surface area contributed by atoms with Crippen molar-refractivity contribution in [3.63, 3.8) is 0 Å². The van der Waals surface area contributed by atoms with Gasteiger partial charge in [0.2, 0.25) is 0 Å². The van der Waals surface area contributed by atoms with Crippen LogP contribution in [-0.2, 0) is 6.42 Å². The molecular formula is C18H18N2O. The molecule has 2 N–H and O–H groups in total. The Morgan fingerprint density at radius 2 is 1.95 bits per heavy atom. The molecule has 0 atom stereocenters. The SMILES string of the molecule is Cc1ccc(Oc2cccc3ncccc23)c(CCN)c1. The van der Waals surface area contributed by atoms with Crippen molar-refractivity contribution in [3.05, 3.63) is 65.9 Å². The van der Waals surface area contributed by atoms with Gasteiger partial charge in [-0.15, -0.1) is 0 Å². The summed E-state index contributed by atoms with van der Waals surface area (Å²) in [6.45, 7) is 2.68. The van der Waals surface area contributed by atoms with E-state index in [0.717, 1.165) is 34.4 Å². The molecule has 2 aromatic carbocycles.